The van der Waals surface area contributed by atoms with Gasteiger partial charge in [0.15, 0.2) is 0 Å². The van der Waals surface area contributed by atoms with Gasteiger partial charge in [0.2, 0.25) is 5.91 Å². The maximum atomic E-state index is 11.3. The molecule has 3 N–H and O–H groups in total. The molecule has 0 radical (unpaired) electrons. The Hall–Kier alpha value is -1.62. The Kier molecular flexibility index (Phi) is 2.81. The van der Waals surface area contributed by atoms with Gasteiger partial charge in [-0.25, -0.2) is 0 Å². The van der Waals surface area contributed by atoms with Crippen LogP contribution >= 0.6 is 0 Å². The minimum absolute atomic E-state index is 0.127. The van der Waals surface area contributed by atoms with E-state index in [1.807, 2.05) is 0 Å². The number of carbonyl (C=O) groups is 1. The zero-order chi connectivity index (χ0) is 9.84. The third kappa shape index (κ3) is 2.16. The van der Waals surface area contributed by atoms with Gasteiger partial charge in [-0.05, 0) is 12.1 Å². The molecule has 5 nitrogen and oxygen atoms in total. The highest BCUT2D eigenvalue weighted by atomic mass is 16.2. The number of anilines is 1. The number of carbonyl (C=O) groups excluding carboxylic acids is 1. The second-order valence-electron chi connectivity index (χ2n) is 2.59. The summed E-state index contributed by atoms with van der Waals surface area (Å²) in [4.78, 5) is 22.2. The van der Waals surface area contributed by atoms with Crippen LogP contribution in [0.1, 0.15) is 0 Å². The van der Waals surface area contributed by atoms with Crippen molar-refractivity contribution in [1.82, 2.24) is 4.57 Å². The van der Waals surface area contributed by atoms with Gasteiger partial charge in [0.25, 0.3) is 5.56 Å². The molecule has 1 aromatic rings. The normalized spacial score (nSPS) is 9.69. The number of nitrogens with two attached hydrogens (primary N) is 1. The first-order valence-electron chi connectivity index (χ1n) is 3.80. The summed E-state index contributed by atoms with van der Waals surface area (Å²) in [5.74, 6) is -0.372. The zero-order valence-corrected chi connectivity index (χ0v) is 7.28. The summed E-state index contributed by atoms with van der Waals surface area (Å²) in [6.45, 7) is -0.127. The maximum absolute atomic E-state index is 11.3. The summed E-state index contributed by atoms with van der Waals surface area (Å²) in [5, 5.41) is 2.40. The van der Waals surface area contributed by atoms with Gasteiger partial charge in [0.1, 0.15) is 5.69 Å². The fourth-order valence-corrected chi connectivity index (χ4v) is 0.894. The fraction of sp³-hybridized carbons (Fsp3) is 0.250. The molecular weight excluding hydrogens is 170 g/mol. The van der Waals surface area contributed by atoms with Gasteiger partial charge in [0, 0.05) is 13.2 Å². The Morgan fingerprint density at radius 3 is 3.00 bits per heavy atom. The first-order valence-corrected chi connectivity index (χ1v) is 3.80. The van der Waals surface area contributed by atoms with Crippen LogP contribution in [0.5, 0.6) is 0 Å². The van der Waals surface area contributed by atoms with Gasteiger partial charge in [-0.15, -0.1) is 0 Å². The number of aryl methyl sites for hydroxylation is 1. The summed E-state index contributed by atoms with van der Waals surface area (Å²) in [6.07, 6.45) is 1.61. The molecule has 5 heteroatoms. The van der Waals surface area contributed by atoms with E-state index in [9.17, 15) is 9.59 Å². The van der Waals surface area contributed by atoms with Crippen molar-refractivity contribution in [1.29, 1.82) is 0 Å². The van der Waals surface area contributed by atoms with Gasteiger partial charge >= 0.3 is 0 Å². The number of hydrogen-bond acceptors (Lipinski definition) is 3. The molecule has 0 saturated carbocycles. The Balaban J connectivity index is 2.96. The zero-order valence-electron chi connectivity index (χ0n) is 7.28. The fourth-order valence-electron chi connectivity index (χ4n) is 0.894. The van der Waals surface area contributed by atoms with Crippen molar-refractivity contribution in [2.75, 3.05) is 11.9 Å². The monoisotopic (exact) mass is 181 g/mol. The first kappa shape index (κ1) is 9.47. The van der Waals surface area contributed by atoms with Gasteiger partial charge in [-0.2, -0.15) is 0 Å². The van der Waals surface area contributed by atoms with Crippen molar-refractivity contribution in [3.05, 3.63) is 28.7 Å². The lowest BCUT2D eigenvalue weighted by Gasteiger charge is -2.03. The summed E-state index contributed by atoms with van der Waals surface area (Å²) < 4.78 is 1.38. The molecule has 0 bridgehead atoms. The molecule has 0 aliphatic carbocycles. The Morgan fingerprint density at radius 2 is 2.38 bits per heavy atom. The third-order valence-electron chi connectivity index (χ3n) is 1.58. The average molecular weight is 181 g/mol. The summed E-state index contributed by atoms with van der Waals surface area (Å²) in [5.41, 5.74) is 5.09. The minimum Gasteiger partial charge on any atom is -0.322 e. The Labute approximate surface area is 75.2 Å². The molecule has 1 amide bonds. The van der Waals surface area contributed by atoms with Crippen LogP contribution in [-0.2, 0) is 11.8 Å². The van der Waals surface area contributed by atoms with E-state index in [-0.39, 0.29) is 23.7 Å². The van der Waals surface area contributed by atoms with Crippen molar-refractivity contribution < 1.29 is 4.79 Å². The molecule has 0 aliphatic rings. The lowest BCUT2D eigenvalue weighted by Crippen LogP contribution is -2.27. The van der Waals surface area contributed by atoms with E-state index >= 15 is 0 Å². The average Bonchev–Trinajstić information content (AvgIpc) is 2.13. The molecule has 0 fully saturated rings. The summed E-state index contributed by atoms with van der Waals surface area (Å²) in [6, 6.07) is 3.21. The standard InChI is InChI=1S/C8H11N3O2/c1-11-4-2-3-6(8(11)13)10-7(12)5-9/h2-4H,5,9H2,1H3,(H,10,12). The number of aromatic nitrogens is 1. The van der Waals surface area contributed by atoms with Gasteiger partial charge < -0.3 is 15.6 Å². The minimum atomic E-state index is -0.372. The lowest BCUT2D eigenvalue weighted by molar-refractivity contribution is -0.114. The number of nitrogens with zero attached hydrogens (tertiary/aromatic N) is 1. The van der Waals surface area contributed by atoms with E-state index in [1.165, 1.54) is 10.6 Å². The molecule has 1 aromatic heterocycles. The second kappa shape index (κ2) is 3.86. The number of nitrogens with one attached hydrogen (secondary N) is 1. The van der Waals surface area contributed by atoms with Crippen molar-refractivity contribution in [2.45, 2.75) is 0 Å². The summed E-state index contributed by atoms with van der Waals surface area (Å²) in [7, 11) is 1.61. The van der Waals surface area contributed by atoms with Crippen LogP contribution in [0.4, 0.5) is 5.69 Å². The largest absolute Gasteiger partial charge is 0.322 e. The highest BCUT2D eigenvalue weighted by molar-refractivity contribution is 5.91. The van der Waals surface area contributed by atoms with Crippen molar-refractivity contribution in [2.24, 2.45) is 12.8 Å². The third-order valence-corrected chi connectivity index (χ3v) is 1.58. The highest BCUT2D eigenvalue weighted by Crippen LogP contribution is 1.96. The van der Waals surface area contributed by atoms with Crippen LogP contribution in [0.25, 0.3) is 0 Å². The molecule has 13 heavy (non-hydrogen) atoms. The molecule has 0 aromatic carbocycles. The molecule has 0 unspecified atom stereocenters. The van der Waals surface area contributed by atoms with Gasteiger partial charge in [-0.3, -0.25) is 9.59 Å². The van der Waals surface area contributed by atoms with E-state index < -0.39 is 0 Å². The molecule has 0 atom stereocenters. The second-order valence-corrected chi connectivity index (χ2v) is 2.59. The number of hydrogen-bond donors (Lipinski definition) is 2. The summed E-state index contributed by atoms with van der Waals surface area (Å²) >= 11 is 0. The first-order chi connectivity index (χ1) is 6.15. The van der Waals surface area contributed by atoms with Crippen molar-refractivity contribution >= 4 is 11.6 Å². The lowest BCUT2D eigenvalue weighted by atomic mass is 10.4. The molecule has 70 valence electrons. The Bertz CT molecular complexity index is 370. The quantitative estimate of drug-likeness (QED) is 0.632. The van der Waals surface area contributed by atoms with E-state index in [4.69, 9.17) is 5.73 Å². The van der Waals surface area contributed by atoms with Crippen LogP contribution in [0.2, 0.25) is 0 Å². The van der Waals surface area contributed by atoms with E-state index in [2.05, 4.69) is 5.32 Å². The molecular formula is C8H11N3O2. The van der Waals surface area contributed by atoms with Crippen LogP contribution in [0, 0.1) is 0 Å². The van der Waals surface area contributed by atoms with Crippen LogP contribution in [0.3, 0.4) is 0 Å². The van der Waals surface area contributed by atoms with E-state index in [0.29, 0.717) is 0 Å². The van der Waals surface area contributed by atoms with E-state index in [0.717, 1.165) is 0 Å². The van der Waals surface area contributed by atoms with Crippen molar-refractivity contribution in [3.8, 4) is 0 Å². The maximum Gasteiger partial charge on any atom is 0.274 e. The van der Waals surface area contributed by atoms with Crippen LogP contribution in [0.15, 0.2) is 23.1 Å². The SMILES string of the molecule is Cn1cccc(NC(=O)CN)c1=O. The van der Waals surface area contributed by atoms with Crippen LogP contribution < -0.4 is 16.6 Å². The predicted octanol–water partition coefficient (Wildman–Crippen LogP) is -0.717. The molecule has 0 saturated heterocycles. The predicted molar refractivity (Wildman–Crippen MR) is 49.4 cm³/mol. The number of amides is 1. The Morgan fingerprint density at radius 1 is 1.69 bits per heavy atom. The molecule has 0 spiro atoms. The van der Waals surface area contributed by atoms with Gasteiger partial charge in [-0.1, -0.05) is 0 Å². The number of rotatable bonds is 2. The molecule has 0 aliphatic heterocycles. The highest BCUT2D eigenvalue weighted by Gasteiger charge is 2.03. The smallest absolute Gasteiger partial charge is 0.274 e. The number of pyridine rings is 1. The molecule has 1 rings (SSSR count). The van der Waals surface area contributed by atoms with Crippen LogP contribution in [-0.4, -0.2) is 17.0 Å². The van der Waals surface area contributed by atoms with E-state index in [1.54, 1.807) is 19.3 Å². The van der Waals surface area contributed by atoms with Gasteiger partial charge in [0.05, 0.1) is 6.54 Å². The molecule has 1 heterocycles. The van der Waals surface area contributed by atoms with Crippen molar-refractivity contribution in [3.63, 3.8) is 0 Å². The topological polar surface area (TPSA) is 77.1 Å².